The monoisotopic (exact) mass is 314 g/mol. The Morgan fingerprint density at radius 3 is 3.00 bits per heavy atom. The summed E-state index contributed by atoms with van der Waals surface area (Å²) in [5, 5.41) is 3.47. The van der Waals surface area contributed by atoms with E-state index in [0.29, 0.717) is 0 Å². The van der Waals surface area contributed by atoms with Crippen molar-refractivity contribution in [3.63, 3.8) is 0 Å². The van der Waals surface area contributed by atoms with E-state index in [1.165, 1.54) is 23.6 Å². The van der Waals surface area contributed by atoms with Gasteiger partial charge in [-0.15, -0.1) is 0 Å². The summed E-state index contributed by atoms with van der Waals surface area (Å²) >= 11 is 5.62. The standard InChI is InChI=1S/C13H19BrN2S/c1-16(11-6-9-17-10-11)8-7-15-13-5-3-2-4-12(13)14/h2-5,11,15H,6-10H2,1H3. The molecule has 1 aromatic rings. The fraction of sp³-hybridized carbons (Fsp3) is 0.538. The van der Waals surface area contributed by atoms with Gasteiger partial charge >= 0.3 is 0 Å². The van der Waals surface area contributed by atoms with Crippen LogP contribution < -0.4 is 5.32 Å². The summed E-state index contributed by atoms with van der Waals surface area (Å²) in [6.07, 6.45) is 1.34. The molecule has 0 aliphatic carbocycles. The molecule has 4 heteroatoms. The second-order valence-corrected chi connectivity index (χ2v) is 6.41. The van der Waals surface area contributed by atoms with Gasteiger partial charge in [-0.25, -0.2) is 0 Å². The predicted molar refractivity (Wildman–Crippen MR) is 81.0 cm³/mol. The van der Waals surface area contributed by atoms with Crippen LogP contribution in [0.4, 0.5) is 5.69 Å². The topological polar surface area (TPSA) is 15.3 Å². The molecular weight excluding hydrogens is 296 g/mol. The first-order valence-corrected chi connectivity index (χ1v) is 7.98. The lowest BCUT2D eigenvalue weighted by Crippen LogP contribution is -2.35. The minimum atomic E-state index is 0.779. The molecule has 1 aliphatic heterocycles. The van der Waals surface area contributed by atoms with Crippen LogP contribution in [0.25, 0.3) is 0 Å². The van der Waals surface area contributed by atoms with E-state index in [4.69, 9.17) is 0 Å². The zero-order valence-electron chi connectivity index (χ0n) is 10.2. The second kappa shape index (κ2) is 6.66. The Balaban J connectivity index is 1.74. The molecule has 1 atom stereocenters. The molecule has 0 amide bonds. The van der Waals surface area contributed by atoms with Gasteiger partial charge in [-0.3, -0.25) is 0 Å². The third-order valence-corrected chi connectivity index (χ3v) is 5.02. The van der Waals surface area contributed by atoms with Gasteiger partial charge in [0, 0.05) is 35.0 Å². The van der Waals surface area contributed by atoms with Crippen molar-refractivity contribution in [1.29, 1.82) is 0 Å². The lowest BCUT2D eigenvalue weighted by Gasteiger charge is -2.23. The number of nitrogens with zero attached hydrogens (tertiary/aromatic N) is 1. The molecule has 2 nitrogen and oxygen atoms in total. The first-order chi connectivity index (χ1) is 8.27. The lowest BCUT2D eigenvalue weighted by molar-refractivity contribution is 0.272. The van der Waals surface area contributed by atoms with E-state index in [0.717, 1.165) is 23.6 Å². The number of hydrogen-bond donors (Lipinski definition) is 1. The molecule has 1 aliphatic rings. The van der Waals surface area contributed by atoms with Crippen molar-refractivity contribution >= 4 is 33.4 Å². The van der Waals surface area contributed by atoms with E-state index in [1.807, 2.05) is 6.07 Å². The Hall–Kier alpha value is -0.190. The molecule has 0 spiro atoms. The minimum Gasteiger partial charge on any atom is -0.383 e. The number of hydrogen-bond acceptors (Lipinski definition) is 3. The van der Waals surface area contributed by atoms with E-state index in [2.05, 4.69) is 63.2 Å². The fourth-order valence-electron chi connectivity index (χ4n) is 2.02. The van der Waals surface area contributed by atoms with Crippen molar-refractivity contribution in [2.45, 2.75) is 12.5 Å². The summed E-state index contributed by atoms with van der Waals surface area (Å²) in [5.41, 5.74) is 1.18. The average molecular weight is 315 g/mol. The SMILES string of the molecule is CN(CCNc1ccccc1Br)C1CCSC1. The molecule has 1 aromatic carbocycles. The smallest absolute Gasteiger partial charge is 0.0485 e. The summed E-state index contributed by atoms with van der Waals surface area (Å²) in [6, 6.07) is 9.05. The van der Waals surface area contributed by atoms with Gasteiger partial charge in [-0.05, 0) is 47.3 Å². The summed E-state index contributed by atoms with van der Waals surface area (Å²) in [4.78, 5) is 2.48. The second-order valence-electron chi connectivity index (χ2n) is 4.40. The van der Waals surface area contributed by atoms with Crippen LogP contribution in [0.1, 0.15) is 6.42 Å². The van der Waals surface area contributed by atoms with E-state index in [9.17, 15) is 0 Å². The van der Waals surface area contributed by atoms with Crippen LogP contribution in [0.2, 0.25) is 0 Å². The van der Waals surface area contributed by atoms with Crippen LogP contribution in [0.5, 0.6) is 0 Å². The number of para-hydroxylation sites is 1. The maximum absolute atomic E-state index is 3.55. The third-order valence-electron chi connectivity index (χ3n) is 3.18. The van der Waals surface area contributed by atoms with Crippen LogP contribution in [-0.4, -0.2) is 42.6 Å². The van der Waals surface area contributed by atoms with Gasteiger partial charge in [0.2, 0.25) is 0 Å². The van der Waals surface area contributed by atoms with Gasteiger partial charge in [0.1, 0.15) is 0 Å². The molecule has 1 unspecified atom stereocenters. The summed E-state index contributed by atoms with van der Waals surface area (Å²) in [7, 11) is 2.23. The molecule has 1 N–H and O–H groups in total. The maximum atomic E-state index is 3.55. The van der Waals surface area contributed by atoms with Gasteiger partial charge in [0.25, 0.3) is 0 Å². The van der Waals surface area contributed by atoms with Crippen LogP contribution in [0.15, 0.2) is 28.7 Å². The van der Waals surface area contributed by atoms with Gasteiger partial charge in [-0.1, -0.05) is 12.1 Å². The molecular formula is C13H19BrN2S. The average Bonchev–Trinajstić information content (AvgIpc) is 2.85. The van der Waals surface area contributed by atoms with Crippen molar-refractivity contribution in [3.8, 4) is 0 Å². The Labute approximate surface area is 116 Å². The zero-order valence-corrected chi connectivity index (χ0v) is 12.6. The van der Waals surface area contributed by atoms with Crippen molar-refractivity contribution in [2.24, 2.45) is 0 Å². The van der Waals surface area contributed by atoms with Crippen LogP contribution in [0.3, 0.4) is 0 Å². The van der Waals surface area contributed by atoms with Crippen LogP contribution >= 0.6 is 27.7 Å². The largest absolute Gasteiger partial charge is 0.383 e. The Morgan fingerprint density at radius 1 is 1.47 bits per heavy atom. The molecule has 0 aromatic heterocycles. The van der Waals surface area contributed by atoms with Crippen LogP contribution in [-0.2, 0) is 0 Å². The number of halogens is 1. The quantitative estimate of drug-likeness (QED) is 0.897. The molecule has 1 saturated heterocycles. The highest BCUT2D eigenvalue weighted by molar-refractivity contribution is 9.10. The number of likely N-dealkylation sites (N-methyl/N-ethyl adjacent to an activating group) is 1. The lowest BCUT2D eigenvalue weighted by atomic mass is 10.2. The Morgan fingerprint density at radius 2 is 2.29 bits per heavy atom. The highest BCUT2D eigenvalue weighted by Gasteiger charge is 2.19. The van der Waals surface area contributed by atoms with E-state index < -0.39 is 0 Å². The predicted octanol–water partition coefficient (Wildman–Crippen LogP) is 3.30. The number of nitrogens with one attached hydrogen (secondary N) is 1. The van der Waals surface area contributed by atoms with Gasteiger partial charge in [-0.2, -0.15) is 11.8 Å². The normalized spacial score (nSPS) is 19.8. The van der Waals surface area contributed by atoms with Crippen molar-refractivity contribution in [1.82, 2.24) is 4.90 Å². The van der Waals surface area contributed by atoms with Gasteiger partial charge in [0.05, 0.1) is 0 Å². The van der Waals surface area contributed by atoms with Crippen molar-refractivity contribution in [2.75, 3.05) is 37.0 Å². The Bertz CT molecular complexity index is 353. The number of thioether (sulfide) groups is 1. The number of rotatable bonds is 5. The molecule has 2 rings (SSSR count). The van der Waals surface area contributed by atoms with Crippen molar-refractivity contribution in [3.05, 3.63) is 28.7 Å². The Kier molecular flexibility index (Phi) is 5.19. The highest BCUT2D eigenvalue weighted by atomic mass is 79.9. The summed E-state index contributed by atoms with van der Waals surface area (Å²) in [6.45, 7) is 2.10. The van der Waals surface area contributed by atoms with E-state index in [1.54, 1.807) is 0 Å². The molecule has 0 radical (unpaired) electrons. The number of benzene rings is 1. The molecule has 0 bridgehead atoms. The molecule has 17 heavy (non-hydrogen) atoms. The van der Waals surface area contributed by atoms with Gasteiger partial charge < -0.3 is 10.2 Å². The van der Waals surface area contributed by atoms with Crippen molar-refractivity contribution < 1.29 is 0 Å². The molecule has 1 heterocycles. The molecule has 94 valence electrons. The molecule has 0 saturated carbocycles. The first-order valence-electron chi connectivity index (χ1n) is 6.04. The van der Waals surface area contributed by atoms with Crippen LogP contribution in [0, 0.1) is 0 Å². The third kappa shape index (κ3) is 3.90. The first kappa shape index (κ1) is 13.2. The van der Waals surface area contributed by atoms with Gasteiger partial charge in [0.15, 0.2) is 0 Å². The highest BCUT2D eigenvalue weighted by Crippen LogP contribution is 2.22. The van der Waals surface area contributed by atoms with E-state index >= 15 is 0 Å². The van der Waals surface area contributed by atoms with E-state index in [-0.39, 0.29) is 0 Å². The summed E-state index contributed by atoms with van der Waals surface area (Å²) in [5.74, 6) is 2.62. The minimum absolute atomic E-state index is 0.779. The number of anilines is 1. The zero-order chi connectivity index (χ0) is 12.1. The maximum Gasteiger partial charge on any atom is 0.0485 e. The fourth-order valence-corrected chi connectivity index (χ4v) is 3.75. The molecule has 1 fully saturated rings. The summed E-state index contributed by atoms with van der Waals surface area (Å²) < 4.78 is 1.14.